The molecule has 2 aromatic rings. The summed E-state index contributed by atoms with van der Waals surface area (Å²) in [4.78, 5) is 12.2. The van der Waals surface area contributed by atoms with Crippen molar-refractivity contribution >= 4 is 47.2 Å². The van der Waals surface area contributed by atoms with E-state index in [2.05, 4.69) is 22.8 Å². The molecule has 0 radical (unpaired) electrons. The van der Waals surface area contributed by atoms with Crippen LogP contribution in [0.1, 0.15) is 28.3 Å². The van der Waals surface area contributed by atoms with Crippen molar-refractivity contribution in [1.29, 1.82) is 0 Å². The van der Waals surface area contributed by atoms with Gasteiger partial charge in [-0.3, -0.25) is 4.79 Å². The highest BCUT2D eigenvalue weighted by Crippen LogP contribution is 2.25. The van der Waals surface area contributed by atoms with Crippen molar-refractivity contribution in [2.45, 2.75) is 12.3 Å². The molecule has 1 aliphatic heterocycles. The largest absolute Gasteiger partial charge is 0.322 e. The van der Waals surface area contributed by atoms with Crippen molar-refractivity contribution in [3.63, 3.8) is 0 Å². The molecule has 1 fully saturated rings. The molecule has 6 heteroatoms. The van der Waals surface area contributed by atoms with Gasteiger partial charge in [-0.15, -0.1) is 12.4 Å². The number of halogens is 3. The molecule has 2 N–H and O–H groups in total. The van der Waals surface area contributed by atoms with Gasteiger partial charge in [-0.2, -0.15) is 0 Å². The fraction of sp³-hybridized carbons (Fsp3) is 0.235. The monoisotopic (exact) mass is 370 g/mol. The highest BCUT2D eigenvalue weighted by molar-refractivity contribution is 6.42. The Morgan fingerprint density at radius 3 is 2.43 bits per heavy atom. The van der Waals surface area contributed by atoms with Crippen molar-refractivity contribution in [1.82, 2.24) is 5.32 Å². The molecule has 0 saturated carbocycles. The van der Waals surface area contributed by atoms with Crippen LogP contribution >= 0.6 is 35.6 Å². The summed E-state index contributed by atoms with van der Waals surface area (Å²) in [6.45, 7) is 2.09. The standard InChI is InChI=1S/C17H16Cl2N2O.ClH/c18-15-6-3-12(9-16(15)19)17(22)21-14-4-1-11(2-5-14)13-7-8-20-10-13;/h1-6,9,13,20H,7-8,10H2,(H,21,22);1H/t13-;/m0./s1. The minimum absolute atomic E-state index is 0. The first kappa shape index (κ1) is 18.1. The lowest BCUT2D eigenvalue weighted by molar-refractivity contribution is 0.102. The second kappa shape index (κ2) is 8.02. The van der Waals surface area contributed by atoms with Crippen molar-refractivity contribution in [3.8, 4) is 0 Å². The molecule has 0 aliphatic carbocycles. The molecule has 122 valence electrons. The Balaban J connectivity index is 0.00000192. The molecule has 3 rings (SSSR count). The average molecular weight is 372 g/mol. The van der Waals surface area contributed by atoms with Crippen LogP contribution in [0.4, 0.5) is 5.69 Å². The van der Waals surface area contributed by atoms with Gasteiger partial charge in [0, 0.05) is 17.8 Å². The number of hydrogen-bond donors (Lipinski definition) is 2. The molecule has 0 spiro atoms. The van der Waals surface area contributed by atoms with Gasteiger partial charge in [-0.05, 0) is 54.8 Å². The van der Waals surface area contributed by atoms with Gasteiger partial charge >= 0.3 is 0 Å². The summed E-state index contributed by atoms with van der Waals surface area (Å²) in [6.07, 6.45) is 1.16. The Kier molecular flexibility index (Phi) is 6.31. The zero-order valence-electron chi connectivity index (χ0n) is 12.3. The van der Waals surface area contributed by atoms with Crippen molar-refractivity contribution < 1.29 is 4.79 Å². The molecule has 0 aromatic heterocycles. The highest BCUT2D eigenvalue weighted by atomic mass is 35.5. The van der Waals surface area contributed by atoms with Crippen molar-refractivity contribution in [3.05, 3.63) is 63.6 Å². The minimum atomic E-state index is -0.200. The number of hydrogen-bond acceptors (Lipinski definition) is 2. The smallest absolute Gasteiger partial charge is 0.255 e. The van der Waals surface area contributed by atoms with E-state index in [0.717, 1.165) is 25.2 Å². The Hall–Kier alpha value is -1.26. The summed E-state index contributed by atoms with van der Waals surface area (Å²) in [5.41, 5.74) is 2.56. The molecule has 1 amide bonds. The Morgan fingerprint density at radius 1 is 1.09 bits per heavy atom. The molecule has 1 atom stereocenters. The van der Waals surface area contributed by atoms with Crippen molar-refractivity contribution in [2.24, 2.45) is 0 Å². The van der Waals surface area contributed by atoms with Gasteiger partial charge < -0.3 is 10.6 Å². The number of anilines is 1. The van der Waals surface area contributed by atoms with Crippen LogP contribution in [0, 0.1) is 0 Å². The SMILES string of the molecule is Cl.O=C(Nc1ccc([C@H]2CCNC2)cc1)c1ccc(Cl)c(Cl)c1. The number of carbonyl (C=O) groups excluding carboxylic acids is 1. The maximum Gasteiger partial charge on any atom is 0.255 e. The first-order chi connectivity index (χ1) is 10.6. The third-order valence-corrected chi connectivity index (χ3v) is 4.62. The molecule has 3 nitrogen and oxygen atoms in total. The van der Waals surface area contributed by atoms with Gasteiger partial charge in [0.05, 0.1) is 10.0 Å². The number of nitrogens with one attached hydrogen (secondary N) is 2. The van der Waals surface area contributed by atoms with Crippen LogP contribution in [0.25, 0.3) is 0 Å². The molecule has 1 heterocycles. The number of benzene rings is 2. The first-order valence-corrected chi connectivity index (χ1v) is 7.96. The van der Waals surface area contributed by atoms with E-state index in [4.69, 9.17) is 23.2 Å². The highest BCUT2D eigenvalue weighted by Gasteiger charge is 2.16. The number of rotatable bonds is 3. The van der Waals surface area contributed by atoms with Gasteiger partial charge in [0.25, 0.3) is 5.91 Å². The second-order valence-corrected chi connectivity index (χ2v) is 6.21. The quantitative estimate of drug-likeness (QED) is 0.818. The zero-order valence-corrected chi connectivity index (χ0v) is 14.6. The number of carbonyl (C=O) groups is 1. The van der Waals surface area contributed by atoms with Crippen LogP contribution in [0.2, 0.25) is 10.0 Å². The Morgan fingerprint density at radius 2 is 1.83 bits per heavy atom. The lowest BCUT2D eigenvalue weighted by atomic mass is 9.98. The molecular weight excluding hydrogens is 355 g/mol. The van der Waals surface area contributed by atoms with Gasteiger partial charge in [0.15, 0.2) is 0 Å². The third kappa shape index (κ3) is 4.39. The van der Waals surface area contributed by atoms with Crippen LogP contribution in [0.5, 0.6) is 0 Å². The maximum atomic E-state index is 12.2. The summed E-state index contributed by atoms with van der Waals surface area (Å²) in [7, 11) is 0. The molecule has 1 saturated heterocycles. The third-order valence-electron chi connectivity index (χ3n) is 3.88. The molecule has 23 heavy (non-hydrogen) atoms. The lowest BCUT2D eigenvalue weighted by Gasteiger charge is -2.10. The predicted octanol–water partition coefficient (Wildman–Crippen LogP) is 4.74. The van der Waals surface area contributed by atoms with Gasteiger partial charge in [-0.1, -0.05) is 35.3 Å². The summed E-state index contributed by atoms with van der Waals surface area (Å²) in [6, 6.07) is 12.9. The fourth-order valence-electron chi connectivity index (χ4n) is 2.62. The molecule has 0 unspecified atom stereocenters. The maximum absolute atomic E-state index is 12.2. The molecule has 0 bridgehead atoms. The van der Waals surface area contributed by atoms with Gasteiger partial charge in [0.2, 0.25) is 0 Å². The first-order valence-electron chi connectivity index (χ1n) is 7.20. The zero-order chi connectivity index (χ0) is 15.5. The van der Waals surface area contributed by atoms with Crippen LogP contribution in [0.15, 0.2) is 42.5 Å². The van der Waals surface area contributed by atoms with Crippen LogP contribution in [0.3, 0.4) is 0 Å². The summed E-state index contributed by atoms with van der Waals surface area (Å²) < 4.78 is 0. The van der Waals surface area contributed by atoms with Gasteiger partial charge in [0.1, 0.15) is 0 Å². The summed E-state index contributed by atoms with van der Waals surface area (Å²) >= 11 is 11.8. The molecule has 2 aromatic carbocycles. The average Bonchev–Trinajstić information content (AvgIpc) is 3.05. The van der Waals surface area contributed by atoms with E-state index in [9.17, 15) is 4.79 Å². The number of amides is 1. The normalized spacial score (nSPS) is 16.7. The summed E-state index contributed by atoms with van der Waals surface area (Å²) in [5, 5.41) is 7.03. The Bertz CT molecular complexity index is 683. The molecule has 1 aliphatic rings. The van der Waals surface area contributed by atoms with E-state index in [1.807, 2.05) is 12.1 Å². The lowest BCUT2D eigenvalue weighted by Crippen LogP contribution is -2.12. The van der Waals surface area contributed by atoms with Crippen LogP contribution in [-0.4, -0.2) is 19.0 Å². The molecular formula is C17H17Cl3N2O. The van der Waals surface area contributed by atoms with E-state index in [0.29, 0.717) is 21.5 Å². The topological polar surface area (TPSA) is 41.1 Å². The van der Waals surface area contributed by atoms with E-state index < -0.39 is 0 Å². The van der Waals surface area contributed by atoms with E-state index in [1.165, 1.54) is 5.56 Å². The van der Waals surface area contributed by atoms with E-state index in [1.54, 1.807) is 18.2 Å². The second-order valence-electron chi connectivity index (χ2n) is 5.39. The fourth-order valence-corrected chi connectivity index (χ4v) is 2.92. The Labute approximate surface area is 151 Å². The predicted molar refractivity (Wildman–Crippen MR) is 98.3 cm³/mol. The minimum Gasteiger partial charge on any atom is -0.322 e. The van der Waals surface area contributed by atoms with Gasteiger partial charge in [-0.25, -0.2) is 0 Å². The van der Waals surface area contributed by atoms with Crippen LogP contribution in [-0.2, 0) is 0 Å². The van der Waals surface area contributed by atoms with E-state index in [-0.39, 0.29) is 18.3 Å². The van der Waals surface area contributed by atoms with Crippen molar-refractivity contribution in [2.75, 3.05) is 18.4 Å². The van der Waals surface area contributed by atoms with E-state index >= 15 is 0 Å². The summed E-state index contributed by atoms with van der Waals surface area (Å²) in [5.74, 6) is 0.369. The van der Waals surface area contributed by atoms with Crippen LogP contribution < -0.4 is 10.6 Å².